The summed E-state index contributed by atoms with van der Waals surface area (Å²) < 4.78 is 6.28. The predicted molar refractivity (Wildman–Crippen MR) is 76.4 cm³/mol. The summed E-state index contributed by atoms with van der Waals surface area (Å²) >= 11 is 0. The Morgan fingerprint density at radius 2 is 2.00 bits per heavy atom. The van der Waals surface area contributed by atoms with Crippen molar-refractivity contribution in [2.75, 3.05) is 13.2 Å². The summed E-state index contributed by atoms with van der Waals surface area (Å²) in [5.41, 5.74) is 0.986. The molecule has 1 aromatic rings. The molecule has 16 nitrogen and oxygen atoms in total. The molecule has 0 radical (unpaired) electrons. The van der Waals surface area contributed by atoms with Crippen molar-refractivity contribution in [1.29, 1.82) is 0 Å². The molecule has 0 aliphatic rings. The van der Waals surface area contributed by atoms with Crippen LogP contribution in [0, 0.1) is 27.2 Å². The summed E-state index contributed by atoms with van der Waals surface area (Å²) in [7, 11) is 0. The van der Waals surface area contributed by atoms with Crippen LogP contribution in [0.3, 0.4) is 0 Å². The number of carbonyl (C=O) groups is 1. The van der Waals surface area contributed by atoms with Crippen LogP contribution in [0.25, 0.3) is 0 Å². The van der Waals surface area contributed by atoms with Gasteiger partial charge in [-0.05, 0) is 19.0 Å². The van der Waals surface area contributed by atoms with Crippen LogP contribution in [0.15, 0.2) is 6.20 Å². The molecule has 0 aliphatic heterocycles. The maximum absolute atomic E-state index is 11.4. The zero-order valence-corrected chi connectivity index (χ0v) is 13.5. The van der Waals surface area contributed by atoms with E-state index in [2.05, 4.69) is 19.6 Å². The predicted octanol–water partition coefficient (Wildman–Crippen LogP) is -0.336. The maximum atomic E-state index is 11.4. The van der Waals surface area contributed by atoms with Gasteiger partial charge in [0.2, 0.25) is 5.88 Å². The number of ether oxygens (including phenoxy) is 1. The molecule has 16 heteroatoms. The molecule has 0 amide bonds. The highest BCUT2D eigenvalue weighted by Gasteiger charge is 2.11. The quantitative estimate of drug-likeness (QED) is 0.147. The summed E-state index contributed by atoms with van der Waals surface area (Å²) in [6.45, 7) is 1.51. The minimum atomic E-state index is -0.964. The van der Waals surface area contributed by atoms with Crippen LogP contribution in [0.2, 0.25) is 0 Å². The summed E-state index contributed by atoms with van der Waals surface area (Å²) in [6.07, 6.45) is 1.31. The Bertz CT molecular complexity index is 576. The van der Waals surface area contributed by atoms with E-state index in [4.69, 9.17) is 15.2 Å². The molecule has 26 heavy (non-hydrogen) atoms. The molecule has 0 fully saturated rings. The van der Waals surface area contributed by atoms with Crippen LogP contribution in [-0.2, 0) is 25.9 Å². The third-order valence-electron chi connectivity index (χ3n) is 2.53. The number of hydrogen-bond donors (Lipinski definition) is 3. The summed E-state index contributed by atoms with van der Waals surface area (Å²) in [5.74, 6) is -0.160. The average molecular weight is 383 g/mol. The van der Waals surface area contributed by atoms with Crippen molar-refractivity contribution in [1.82, 2.24) is 15.2 Å². The first-order valence-electron chi connectivity index (χ1n) is 6.78. The third-order valence-corrected chi connectivity index (χ3v) is 2.53. The van der Waals surface area contributed by atoms with Gasteiger partial charge in [0.25, 0.3) is 5.09 Å². The summed E-state index contributed by atoms with van der Waals surface area (Å²) in [5, 5.41) is 32.5. The fraction of sp³-hybridized carbons (Fsp3) is 0.600. The second-order valence-corrected chi connectivity index (χ2v) is 4.17. The van der Waals surface area contributed by atoms with E-state index in [0.29, 0.717) is 5.82 Å². The minimum Gasteiger partial charge on any atom is -0.464 e. The van der Waals surface area contributed by atoms with Crippen LogP contribution in [-0.4, -0.2) is 49.4 Å². The van der Waals surface area contributed by atoms with Crippen molar-refractivity contribution >= 4 is 5.97 Å². The molecular formula is C10H17N5O11. The highest BCUT2D eigenvalue weighted by molar-refractivity contribution is 5.69. The molecule has 0 aliphatic carbocycles. The van der Waals surface area contributed by atoms with E-state index in [1.54, 1.807) is 6.92 Å². The fourth-order valence-electron chi connectivity index (χ4n) is 1.55. The van der Waals surface area contributed by atoms with Crippen molar-refractivity contribution in [2.45, 2.75) is 26.3 Å². The van der Waals surface area contributed by atoms with E-state index < -0.39 is 16.1 Å². The number of aromatic nitrogens is 2. The SMILES string of the molecule is Cc1ncc(O[N+](=O)[O-])n1CCOC(=O)CCCO[N+](=O)[O-].ONOO. The lowest BCUT2D eigenvalue weighted by Crippen LogP contribution is -2.15. The van der Waals surface area contributed by atoms with Gasteiger partial charge in [-0.3, -0.25) is 14.8 Å². The van der Waals surface area contributed by atoms with Crippen LogP contribution < -0.4 is 10.5 Å². The standard InChI is InChI=1S/C10H14N4O8.H3NO3/c1-8-11-7-9(22-14(18)19)12(8)4-6-20-10(15)3-2-5-21-13(16)17;2-1-4-3/h7H,2-6H2,1H3;1-3H. The molecule has 0 bridgehead atoms. The molecule has 0 aromatic carbocycles. The van der Waals surface area contributed by atoms with Crippen molar-refractivity contribution in [3.05, 3.63) is 32.2 Å². The van der Waals surface area contributed by atoms with Gasteiger partial charge in [0.1, 0.15) is 12.4 Å². The number of nitrogens with zero attached hydrogens (tertiary/aromatic N) is 4. The van der Waals surface area contributed by atoms with Gasteiger partial charge < -0.3 is 14.1 Å². The van der Waals surface area contributed by atoms with Gasteiger partial charge in [-0.1, -0.05) is 0 Å². The van der Waals surface area contributed by atoms with Crippen LogP contribution in [0.1, 0.15) is 18.7 Å². The van der Waals surface area contributed by atoms with E-state index in [1.807, 2.05) is 0 Å². The first-order valence-corrected chi connectivity index (χ1v) is 6.78. The number of carbonyl (C=O) groups excluding carboxylic acids is 1. The number of esters is 1. The van der Waals surface area contributed by atoms with Crippen molar-refractivity contribution in [3.63, 3.8) is 0 Å². The summed E-state index contributed by atoms with van der Waals surface area (Å²) in [4.78, 5) is 46.6. The van der Waals surface area contributed by atoms with Gasteiger partial charge in [0, 0.05) is 6.42 Å². The second-order valence-electron chi connectivity index (χ2n) is 4.17. The van der Waals surface area contributed by atoms with E-state index in [1.165, 1.54) is 10.8 Å². The molecular weight excluding hydrogens is 366 g/mol. The number of imidazole rings is 1. The van der Waals surface area contributed by atoms with Gasteiger partial charge in [0.15, 0.2) is 0 Å². The molecule has 0 spiro atoms. The van der Waals surface area contributed by atoms with Gasteiger partial charge >= 0.3 is 11.1 Å². The number of rotatable bonds is 11. The largest absolute Gasteiger partial charge is 0.464 e. The number of aryl methyl sites for hydroxylation is 1. The molecule has 148 valence electrons. The van der Waals surface area contributed by atoms with Crippen LogP contribution in [0.5, 0.6) is 5.88 Å². The molecule has 3 N–H and O–H groups in total. The monoisotopic (exact) mass is 383 g/mol. The Hall–Kier alpha value is -3.08. The van der Waals surface area contributed by atoms with Gasteiger partial charge in [0.05, 0.1) is 19.3 Å². The lowest BCUT2D eigenvalue weighted by Gasteiger charge is -2.09. The average Bonchev–Trinajstić information content (AvgIpc) is 2.91. The third kappa shape index (κ3) is 10.6. The second kappa shape index (κ2) is 13.2. The molecule has 0 saturated carbocycles. The molecule has 0 atom stereocenters. The van der Waals surface area contributed by atoms with Crippen LogP contribution >= 0.6 is 0 Å². The summed E-state index contributed by atoms with van der Waals surface area (Å²) in [6, 6.07) is 0. The molecule has 0 unspecified atom stereocenters. The molecule has 0 saturated heterocycles. The van der Waals surface area contributed by atoms with E-state index in [9.17, 15) is 25.0 Å². The highest BCUT2D eigenvalue weighted by atomic mass is 17.2. The maximum Gasteiger partial charge on any atom is 0.305 e. The Kier molecular flexibility index (Phi) is 11.7. The van der Waals surface area contributed by atoms with E-state index in [-0.39, 0.29) is 38.5 Å². The van der Waals surface area contributed by atoms with Crippen molar-refractivity contribution in [2.24, 2.45) is 0 Å². The Morgan fingerprint density at radius 1 is 1.35 bits per heavy atom. The lowest BCUT2D eigenvalue weighted by atomic mass is 10.3. The topological polar surface area (TPSA) is 211 Å². The molecule has 1 aromatic heterocycles. The van der Waals surface area contributed by atoms with Crippen molar-refractivity contribution in [3.8, 4) is 5.88 Å². The first kappa shape index (κ1) is 22.9. The Morgan fingerprint density at radius 3 is 2.54 bits per heavy atom. The first-order chi connectivity index (χ1) is 12.3. The minimum absolute atomic E-state index is 0.0327. The smallest absolute Gasteiger partial charge is 0.305 e. The van der Waals surface area contributed by atoms with Crippen LogP contribution in [0.4, 0.5) is 0 Å². The van der Waals surface area contributed by atoms with Gasteiger partial charge in [-0.2, -0.15) is 0 Å². The zero-order chi connectivity index (χ0) is 19.9. The molecule has 1 rings (SSSR count). The fourth-order valence-corrected chi connectivity index (χ4v) is 1.55. The van der Waals surface area contributed by atoms with Crippen molar-refractivity contribution < 1.29 is 44.8 Å². The van der Waals surface area contributed by atoms with E-state index >= 15 is 0 Å². The van der Waals surface area contributed by atoms with Gasteiger partial charge in [-0.15, -0.1) is 25.2 Å². The lowest BCUT2D eigenvalue weighted by molar-refractivity contribution is -0.757. The highest BCUT2D eigenvalue weighted by Crippen LogP contribution is 2.13. The van der Waals surface area contributed by atoms with E-state index in [0.717, 1.165) is 5.64 Å². The molecule has 1 heterocycles. The Balaban J connectivity index is 0.00000141. The normalized spacial score (nSPS) is 9.65. The Labute approximate surface area is 144 Å². The zero-order valence-electron chi connectivity index (χ0n) is 13.5. The number of hydrogen-bond acceptors (Lipinski definition) is 13. The number of nitrogens with one attached hydrogen (secondary N) is 1. The van der Waals surface area contributed by atoms with Gasteiger partial charge in [-0.25, -0.2) is 10.2 Å².